The Morgan fingerprint density at radius 3 is 2.42 bits per heavy atom. The molecule has 1 aromatic heterocycles. The van der Waals surface area contributed by atoms with Crippen LogP contribution in [0.15, 0.2) is 32.9 Å². The second-order valence-corrected chi connectivity index (χ2v) is 12.5. The molecule has 4 saturated carbocycles. The topological polar surface area (TPSA) is 109 Å². The molecule has 176 valence electrons. The zero-order chi connectivity index (χ0) is 23.0. The van der Waals surface area contributed by atoms with E-state index in [0.717, 1.165) is 24.8 Å². The molecule has 1 atom stereocenters. The summed E-state index contributed by atoms with van der Waals surface area (Å²) < 4.78 is 29.3. The van der Waals surface area contributed by atoms with Gasteiger partial charge in [-0.25, -0.2) is 18.4 Å². The minimum atomic E-state index is -3.73. The quantitative estimate of drug-likeness (QED) is 0.726. The van der Waals surface area contributed by atoms with Gasteiger partial charge in [-0.2, -0.15) is 4.31 Å². The lowest BCUT2D eigenvalue weighted by atomic mass is 9.49. The van der Waals surface area contributed by atoms with E-state index in [1.165, 1.54) is 36.1 Å². The molecule has 0 aromatic carbocycles. The highest BCUT2D eigenvalue weighted by molar-refractivity contribution is 7.89. The molecule has 7 rings (SSSR count). The first kappa shape index (κ1) is 21.2. The maximum Gasteiger partial charge on any atom is 0.262 e. The third kappa shape index (κ3) is 3.41. The molecule has 1 amide bonds. The smallest absolute Gasteiger partial charge is 0.262 e. The molecular formula is C23H30N6O3S. The molecule has 0 spiro atoms. The summed E-state index contributed by atoms with van der Waals surface area (Å²) in [6.07, 6.45) is 11.6. The molecule has 6 aliphatic rings. The minimum Gasteiger partial charge on any atom is -0.337 e. The molecule has 0 saturated heterocycles. The van der Waals surface area contributed by atoms with Crippen molar-refractivity contribution in [3.05, 3.63) is 23.7 Å². The predicted molar refractivity (Wildman–Crippen MR) is 123 cm³/mol. The van der Waals surface area contributed by atoms with Crippen LogP contribution in [-0.4, -0.2) is 59.5 Å². The number of rotatable bonds is 3. The number of aryl methyl sites for hydroxylation is 2. The zero-order valence-electron chi connectivity index (χ0n) is 19.1. The van der Waals surface area contributed by atoms with Gasteiger partial charge in [0, 0.05) is 31.9 Å². The van der Waals surface area contributed by atoms with Crippen molar-refractivity contribution < 1.29 is 13.2 Å². The van der Waals surface area contributed by atoms with E-state index in [4.69, 9.17) is 0 Å². The summed E-state index contributed by atoms with van der Waals surface area (Å²) in [5.74, 6) is 3.32. The van der Waals surface area contributed by atoms with Gasteiger partial charge in [0.05, 0.1) is 11.5 Å². The number of imidazole rings is 1. The highest BCUT2D eigenvalue weighted by atomic mass is 32.2. The van der Waals surface area contributed by atoms with E-state index >= 15 is 0 Å². The fourth-order valence-electron chi connectivity index (χ4n) is 7.04. The molecule has 0 radical (unpaired) electrons. The maximum atomic E-state index is 13.5. The molecule has 1 aromatic rings. The Labute approximate surface area is 194 Å². The minimum absolute atomic E-state index is 0.0446. The number of aliphatic imine (C=N–C) groups is 2. The number of nitrogens with one attached hydrogen (secondary N) is 1. The van der Waals surface area contributed by atoms with Gasteiger partial charge in [-0.15, -0.1) is 0 Å². The first-order chi connectivity index (χ1) is 15.7. The van der Waals surface area contributed by atoms with E-state index in [1.54, 1.807) is 18.5 Å². The number of amides is 1. The Morgan fingerprint density at radius 1 is 1.15 bits per heavy atom. The molecule has 2 aliphatic heterocycles. The molecule has 4 bridgehead atoms. The Hall–Kier alpha value is -2.33. The Morgan fingerprint density at radius 2 is 1.82 bits per heavy atom. The van der Waals surface area contributed by atoms with Gasteiger partial charge in [-0.05, 0) is 63.2 Å². The summed E-state index contributed by atoms with van der Waals surface area (Å²) in [5.41, 5.74) is 0.544. The number of carbonyl (C=O) groups excluding carboxylic acids is 1. The largest absolute Gasteiger partial charge is 0.337 e. The number of hydrogen-bond acceptors (Lipinski definition) is 6. The van der Waals surface area contributed by atoms with Crippen LogP contribution in [0.3, 0.4) is 0 Å². The lowest BCUT2D eigenvalue weighted by Gasteiger charge is -2.55. The SMILES string of the molecule is Cc1nc(S(=O)(=O)N2CC=C3C(NC(=O)C45CC6CC(CC(C6)C4)C5)=NC=NC3C2)cn1C. The molecule has 1 N–H and O–H groups in total. The molecule has 9 nitrogen and oxygen atoms in total. The van der Waals surface area contributed by atoms with Crippen LogP contribution in [0.4, 0.5) is 0 Å². The second-order valence-electron chi connectivity index (χ2n) is 10.6. The van der Waals surface area contributed by atoms with Crippen molar-refractivity contribution in [2.45, 2.75) is 56.5 Å². The first-order valence-electron chi connectivity index (χ1n) is 11.8. The number of nitrogens with zero attached hydrogens (tertiary/aromatic N) is 5. The first-order valence-corrected chi connectivity index (χ1v) is 13.3. The van der Waals surface area contributed by atoms with Crippen molar-refractivity contribution in [3.63, 3.8) is 0 Å². The fraction of sp³-hybridized carbons (Fsp3) is 0.652. The summed E-state index contributed by atoms with van der Waals surface area (Å²) in [7, 11) is -1.96. The van der Waals surface area contributed by atoms with Crippen molar-refractivity contribution in [1.82, 2.24) is 19.2 Å². The fourth-order valence-corrected chi connectivity index (χ4v) is 8.45. The van der Waals surface area contributed by atoms with E-state index in [-0.39, 0.29) is 35.5 Å². The number of amidine groups is 1. The number of fused-ring (bicyclic) bond motifs is 1. The van der Waals surface area contributed by atoms with Crippen molar-refractivity contribution in [1.29, 1.82) is 0 Å². The molecular weight excluding hydrogens is 440 g/mol. The Kier molecular flexibility index (Phi) is 4.72. The maximum absolute atomic E-state index is 13.5. The third-order valence-electron chi connectivity index (χ3n) is 8.40. The number of sulfonamides is 1. The summed E-state index contributed by atoms with van der Waals surface area (Å²) in [4.78, 5) is 26.5. The van der Waals surface area contributed by atoms with Crippen molar-refractivity contribution in [2.75, 3.05) is 13.1 Å². The monoisotopic (exact) mass is 470 g/mol. The number of aromatic nitrogens is 2. The zero-order valence-corrected chi connectivity index (χ0v) is 19.9. The summed E-state index contributed by atoms with van der Waals surface area (Å²) in [5, 5.41) is 3.18. The Bertz CT molecular complexity index is 1160. The van der Waals surface area contributed by atoms with Crippen molar-refractivity contribution in [2.24, 2.45) is 40.2 Å². The van der Waals surface area contributed by atoms with Gasteiger partial charge >= 0.3 is 0 Å². The van der Waals surface area contributed by atoms with Gasteiger partial charge < -0.3 is 9.88 Å². The van der Waals surface area contributed by atoms with Crippen molar-refractivity contribution in [3.8, 4) is 0 Å². The molecule has 3 heterocycles. The van der Waals surface area contributed by atoms with Crippen LogP contribution in [-0.2, 0) is 21.9 Å². The van der Waals surface area contributed by atoms with Crippen LogP contribution in [0.1, 0.15) is 44.3 Å². The molecule has 10 heteroatoms. The van der Waals surface area contributed by atoms with Crippen LogP contribution < -0.4 is 5.32 Å². The van der Waals surface area contributed by atoms with Gasteiger partial charge in [0.2, 0.25) is 5.91 Å². The van der Waals surface area contributed by atoms with Crippen molar-refractivity contribution >= 4 is 28.1 Å². The summed E-state index contributed by atoms with van der Waals surface area (Å²) >= 11 is 0. The van der Waals surface area contributed by atoms with E-state index < -0.39 is 10.0 Å². The predicted octanol–water partition coefficient (Wildman–Crippen LogP) is 1.80. The van der Waals surface area contributed by atoms with Gasteiger partial charge in [-0.1, -0.05) is 6.08 Å². The average molecular weight is 471 g/mol. The summed E-state index contributed by atoms with van der Waals surface area (Å²) in [6.45, 7) is 2.17. The van der Waals surface area contributed by atoms with E-state index in [9.17, 15) is 13.2 Å². The van der Waals surface area contributed by atoms with Gasteiger partial charge in [0.15, 0.2) is 5.03 Å². The molecule has 1 unspecified atom stereocenters. The highest BCUT2D eigenvalue weighted by Gasteiger charge is 2.55. The van der Waals surface area contributed by atoms with Crippen LogP contribution in [0.5, 0.6) is 0 Å². The number of hydrogen-bond donors (Lipinski definition) is 1. The van der Waals surface area contributed by atoms with Crippen LogP contribution in [0, 0.1) is 30.1 Å². The van der Waals surface area contributed by atoms with Crippen LogP contribution >= 0.6 is 0 Å². The third-order valence-corrected chi connectivity index (χ3v) is 10.1. The van der Waals surface area contributed by atoms with Gasteiger partial charge in [0.25, 0.3) is 10.0 Å². The van der Waals surface area contributed by atoms with Crippen LogP contribution in [0.25, 0.3) is 0 Å². The summed E-state index contributed by atoms with van der Waals surface area (Å²) in [6, 6.07) is -0.387. The lowest BCUT2D eigenvalue weighted by molar-refractivity contribution is -0.144. The second kappa shape index (κ2) is 7.33. The highest BCUT2D eigenvalue weighted by Crippen LogP contribution is 2.60. The Balaban J connectivity index is 1.21. The normalized spacial score (nSPS) is 35.2. The van der Waals surface area contributed by atoms with E-state index in [1.807, 2.05) is 6.08 Å². The lowest BCUT2D eigenvalue weighted by Crippen LogP contribution is -2.55. The number of carbonyl (C=O) groups is 1. The average Bonchev–Trinajstić information content (AvgIpc) is 3.12. The molecule has 4 fully saturated rings. The standard InChI is InChI=1S/C23H30N6O3S/c1-14-26-20(12-28(14)2)33(31,32)29-4-3-18-19(11-29)24-13-25-21(18)27-22(30)23-8-15-5-16(9-23)7-17(6-15)10-23/h3,12-13,15-17,19H,4-11H2,1-2H3,(H,24,25,27,30). The van der Waals surface area contributed by atoms with Gasteiger partial charge in [0.1, 0.15) is 18.0 Å². The van der Waals surface area contributed by atoms with Gasteiger partial charge in [-0.3, -0.25) is 9.79 Å². The molecule has 4 aliphatic carbocycles. The van der Waals surface area contributed by atoms with E-state index in [0.29, 0.717) is 29.4 Å². The van der Waals surface area contributed by atoms with Crippen LogP contribution in [0.2, 0.25) is 0 Å². The van der Waals surface area contributed by atoms with E-state index in [2.05, 4.69) is 20.3 Å². The molecule has 33 heavy (non-hydrogen) atoms.